The number of esters is 2. The van der Waals surface area contributed by atoms with Crippen LogP contribution in [0.1, 0.15) is 17.3 Å². The SMILES string of the molecule is CCn1c(=O)c2ccccc2n(CC(=O)OCC(=O)Nc2ccc(C(=O)OC)cc2)c1=O. The van der Waals surface area contributed by atoms with Gasteiger partial charge in [0.1, 0.15) is 6.54 Å². The van der Waals surface area contributed by atoms with Gasteiger partial charge in [-0.2, -0.15) is 0 Å². The van der Waals surface area contributed by atoms with Crippen LogP contribution in [0.2, 0.25) is 0 Å². The highest BCUT2D eigenvalue weighted by atomic mass is 16.5. The Morgan fingerprint density at radius 2 is 1.66 bits per heavy atom. The lowest BCUT2D eigenvalue weighted by atomic mass is 10.2. The lowest BCUT2D eigenvalue weighted by Gasteiger charge is -2.13. The maximum Gasteiger partial charge on any atom is 0.337 e. The second-order valence-electron chi connectivity index (χ2n) is 6.71. The van der Waals surface area contributed by atoms with Gasteiger partial charge in [-0.3, -0.25) is 23.5 Å². The summed E-state index contributed by atoms with van der Waals surface area (Å²) in [5.74, 6) is -1.91. The quantitative estimate of drug-likeness (QED) is 0.548. The molecule has 0 unspecified atom stereocenters. The molecular formula is C22H21N3O7. The van der Waals surface area contributed by atoms with Crippen molar-refractivity contribution in [2.24, 2.45) is 0 Å². The largest absolute Gasteiger partial charge is 0.465 e. The van der Waals surface area contributed by atoms with Crippen molar-refractivity contribution in [1.29, 1.82) is 0 Å². The third-order valence-corrected chi connectivity index (χ3v) is 4.69. The molecule has 1 amide bonds. The van der Waals surface area contributed by atoms with Gasteiger partial charge in [0.2, 0.25) is 0 Å². The van der Waals surface area contributed by atoms with Gasteiger partial charge < -0.3 is 14.8 Å². The van der Waals surface area contributed by atoms with E-state index >= 15 is 0 Å². The van der Waals surface area contributed by atoms with Crippen LogP contribution in [0.4, 0.5) is 5.69 Å². The Kier molecular flexibility index (Phi) is 6.83. The van der Waals surface area contributed by atoms with Gasteiger partial charge in [-0.05, 0) is 43.3 Å². The van der Waals surface area contributed by atoms with Crippen molar-refractivity contribution in [1.82, 2.24) is 9.13 Å². The number of methoxy groups -OCH3 is 1. The minimum atomic E-state index is -0.810. The maximum absolute atomic E-state index is 12.7. The number of amides is 1. The first-order chi connectivity index (χ1) is 15.3. The van der Waals surface area contributed by atoms with E-state index in [4.69, 9.17) is 4.74 Å². The number of ether oxygens (including phenoxy) is 2. The average Bonchev–Trinajstić information content (AvgIpc) is 2.81. The number of hydrogen-bond donors (Lipinski definition) is 1. The van der Waals surface area contributed by atoms with E-state index in [1.807, 2.05) is 0 Å². The summed E-state index contributed by atoms with van der Waals surface area (Å²) in [6, 6.07) is 12.4. The summed E-state index contributed by atoms with van der Waals surface area (Å²) in [4.78, 5) is 60.9. The van der Waals surface area contributed by atoms with E-state index in [-0.39, 0.29) is 6.54 Å². The number of benzene rings is 2. The van der Waals surface area contributed by atoms with Crippen molar-refractivity contribution in [3.05, 3.63) is 74.9 Å². The number of nitrogens with zero attached hydrogens (tertiary/aromatic N) is 2. The number of fused-ring (bicyclic) bond motifs is 1. The monoisotopic (exact) mass is 439 g/mol. The smallest absolute Gasteiger partial charge is 0.337 e. The summed E-state index contributed by atoms with van der Waals surface area (Å²) in [6.07, 6.45) is 0. The highest BCUT2D eigenvalue weighted by molar-refractivity contribution is 5.94. The lowest BCUT2D eigenvalue weighted by Crippen LogP contribution is -2.41. The maximum atomic E-state index is 12.7. The Morgan fingerprint density at radius 1 is 0.969 bits per heavy atom. The predicted octanol–water partition coefficient (Wildman–Crippen LogP) is 1.15. The van der Waals surface area contributed by atoms with Crippen LogP contribution < -0.4 is 16.6 Å². The van der Waals surface area contributed by atoms with E-state index in [1.54, 1.807) is 31.2 Å². The molecular weight excluding hydrogens is 418 g/mol. The van der Waals surface area contributed by atoms with Gasteiger partial charge >= 0.3 is 17.6 Å². The first kappa shape index (κ1) is 22.5. The Bertz CT molecular complexity index is 1290. The second kappa shape index (κ2) is 9.73. The summed E-state index contributed by atoms with van der Waals surface area (Å²) in [7, 11) is 1.26. The number of carbonyl (C=O) groups is 3. The Morgan fingerprint density at radius 3 is 2.31 bits per heavy atom. The van der Waals surface area contributed by atoms with Crippen molar-refractivity contribution in [3.8, 4) is 0 Å². The summed E-state index contributed by atoms with van der Waals surface area (Å²) >= 11 is 0. The molecule has 1 N–H and O–H groups in total. The minimum absolute atomic E-state index is 0.148. The number of aromatic nitrogens is 2. The summed E-state index contributed by atoms with van der Waals surface area (Å²) in [5, 5.41) is 2.83. The van der Waals surface area contributed by atoms with Crippen molar-refractivity contribution in [3.63, 3.8) is 0 Å². The third-order valence-electron chi connectivity index (χ3n) is 4.69. The fourth-order valence-corrected chi connectivity index (χ4v) is 3.13. The molecule has 0 spiro atoms. The topological polar surface area (TPSA) is 126 Å². The normalized spacial score (nSPS) is 10.6. The Hall–Kier alpha value is -4.21. The van der Waals surface area contributed by atoms with Gasteiger partial charge in [-0.15, -0.1) is 0 Å². The number of para-hydroxylation sites is 1. The number of carbonyl (C=O) groups excluding carboxylic acids is 3. The zero-order valence-electron chi connectivity index (χ0n) is 17.5. The van der Waals surface area contributed by atoms with Crippen LogP contribution in [0.15, 0.2) is 58.1 Å². The van der Waals surface area contributed by atoms with Crippen LogP contribution in [0, 0.1) is 0 Å². The van der Waals surface area contributed by atoms with Gasteiger partial charge in [-0.1, -0.05) is 12.1 Å². The molecule has 0 fully saturated rings. The van der Waals surface area contributed by atoms with Crippen molar-refractivity contribution in [2.75, 3.05) is 19.0 Å². The number of nitrogens with one attached hydrogen (secondary N) is 1. The molecule has 0 aliphatic carbocycles. The van der Waals surface area contributed by atoms with Crippen molar-refractivity contribution in [2.45, 2.75) is 20.0 Å². The van der Waals surface area contributed by atoms with Crippen LogP contribution in [-0.4, -0.2) is 40.7 Å². The van der Waals surface area contributed by atoms with E-state index in [2.05, 4.69) is 10.1 Å². The van der Waals surface area contributed by atoms with Crippen molar-refractivity contribution >= 4 is 34.4 Å². The lowest BCUT2D eigenvalue weighted by molar-refractivity contribution is -0.147. The minimum Gasteiger partial charge on any atom is -0.465 e. The van der Waals surface area contributed by atoms with E-state index in [0.717, 1.165) is 9.13 Å². The molecule has 0 aliphatic rings. The third kappa shape index (κ3) is 4.75. The molecule has 0 atom stereocenters. The van der Waals surface area contributed by atoms with E-state index in [0.29, 0.717) is 22.2 Å². The molecule has 0 radical (unpaired) electrons. The molecule has 166 valence electrons. The first-order valence-electron chi connectivity index (χ1n) is 9.72. The van der Waals surface area contributed by atoms with Gasteiger partial charge in [0.15, 0.2) is 6.61 Å². The van der Waals surface area contributed by atoms with Crippen molar-refractivity contribution < 1.29 is 23.9 Å². The Labute approximate surface area is 182 Å². The molecule has 1 heterocycles. The van der Waals surface area contributed by atoms with Crippen LogP contribution >= 0.6 is 0 Å². The van der Waals surface area contributed by atoms with E-state index < -0.39 is 42.2 Å². The highest BCUT2D eigenvalue weighted by Crippen LogP contribution is 2.11. The van der Waals surface area contributed by atoms with Crippen LogP contribution in [-0.2, 0) is 32.2 Å². The molecule has 3 aromatic rings. The first-order valence-corrected chi connectivity index (χ1v) is 9.72. The molecule has 32 heavy (non-hydrogen) atoms. The van der Waals surface area contributed by atoms with Crippen LogP contribution in [0.3, 0.4) is 0 Å². The Balaban J connectivity index is 1.67. The molecule has 10 heteroatoms. The molecule has 0 saturated heterocycles. The fraction of sp³-hybridized carbons (Fsp3) is 0.227. The predicted molar refractivity (Wildman–Crippen MR) is 116 cm³/mol. The molecule has 0 saturated carbocycles. The summed E-state index contributed by atoms with van der Waals surface area (Å²) in [6.45, 7) is 0.773. The van der Waals surface area contributed by atoms with Crippen LogP contribution in [0.25, 0.3) is 10.9 Å². The summed E-state index contributed by atoms with van der Waals surface area (Å²) in [5.41, 5.74) is -0.0446. The molecule has 10 nitrogen and oxygen atoms in total. The van der Waals surface area contributed by atoms with Gasteiger partial charge in [0.05, 0.1) is 23.6 Å². The zero-order chi connectivity index (χ0) is 23.3. The standard InChI is InChI=1S/C22H21N3O7/c1-3-24-20(28)16-6-4-5-7-17(16)25(22(24)30)12-19(27)32-13-18(26)23-15-10-8-14(9-11-15)21(29)31-2/h4-11H,3,12-13H2,1-2H3,(H,23,26). The van der Waals surface area contributed by atoms with Gasteiger partial charge in [0, 0.05) is 12.2 Å². The number of hydrogen-bond acceptors (Lipinski definition) is 7. The molecule has 2 aromatic carbocycles. The number of anilines is 1. The van der Waals surface area contributed by atoms with Gasteiger partial charge in [-0.25, -0.2) is 9.59 Å². The molecule has 0 aliphatic heterocycles. The molecule has 0 bridgehead atoms. The summed E-state index contributed by atoms with van der Waals surface area (Å²) < 4.78 is 11.8. The average molecular weight is 439 g/mol. The highest BCUT2D eigenvalue weighted by Gasteiger charge is 2.16. The van der Waals surface area contributed by atoms with E-state index in [9.17, 15) is 24.0 Å². The second-order valence-corrected chi connectivity index (χ2v) is 6.71. The molecule has 3 rings (SSSR count). The molecule has 1 aromatic heterocycles. The zero-order valence-corrected chi connectivity index (χ0v) is 17.5. The number of rotatable bonds is 7. The van der Waals surface area contributed by atoms with Crippen LogP contribution in [0.5, 0.6) is 0 Å². The van der Waals surface area contributed by atoms with E-state index in [1.165, 1.54) is 31.4 Å². The van der Waals surface area contributed by atoms with Gasteiger partial charge in [0.25, 0.3) is 11.5 Å². The fourth-order valence-electron chi connectivity index (χ4n) is 3.13.